The number of nitriles is 1. The first-order valence-corrected chi connectivity index (χ1v) is 3.93. The van der Waals surface area contributed by atoms with Gasteiger partial charge in [0.25, 0.3) is 0 Å². The van der Waals surface area contributed by atoms with Crippen LogP contribution in [0.25, 0.3) is 0 Å². The van der Waals surface area contributed by atoms with Gasteiger partial charge in [0.05, 0.1) is 17.2 Å². The Labute approximate surface area is 88.0 Å². The molecule has 0 aliphatic heterocycles. The van der Waals surface area contributed by atoms with Gasteiger partial charge in [0, 0.05) is 0 Å². The summed E-state index contributed by atoms with van der Waals surface area (Å²) in [6, 6.07) is 4.36. The van der Waals surface area contributed by atoms with Crippen molar-refractivity contribution in [1.29, 1.82) is 5.26 Å². The van der Waals surface area contributed by atoms with Crippen LogP contribution in [0.5, 0.6) is 5.75 Å². The third-order valence-corrected chi connectivity index (χ3v) is 1.61. The summed E-state index contributed by atoms with van der Waals surface area (Å²) in [5.74, 6) is -1.59. The van der Waals surface area contributed by atoms with Crippen LogP contribution in [0.15, 0.2) is 18.2 Å². The predicted molar refractivity (Wildman–Crippen MR) is 46.4 cm³/mol. The molecular weight excluding hydrogens is 225 g/mol. The monoisotopic (exact) mass is 230 g/mol. The third kappa shape index (κ3) is 2.88. The largest absolute Gasteiger partial charge is 0.573 e. The maximum absolute atomic E-state index is 11.9. The van der Waals surface area contributed by atoms with Crippen molar-refractivity contribution in [3.05, 3.63) is 29.3 Å². The van der Waals surface area contributed by atoms with E-state index in [0.29, 0.717) is 0 Å². The Balaban J connectivity index is 3.14. The number of carbonyl (C=O) groups excluding carboxylic acids is 1. The van der Waals surface area contributed by atoms with Crippen molar-refractivity contribution < 1.29 is 22.7 Å². The molecule has 1 aromatic carbocycles. The average molecular weight is 230 g/mol. The number of carbonyl (C=O) groups is 1. The van der Waals surface area contributed by atoms with Crippen LogP contribution in [0.4, 0.5) is 13.2 Å². The van der Waals surface area contributed by atoms with Gasteiger partial charge in [-0.3, -0.25) is 4.79 Å². The first-order valence-electron chi connectivity index (χ1n) is 3.93. The summed E-state index contributed by atoms with van der Waals surface area (Å²) >= 11 is 0. The number of nitrogens with zero attached hydrogens (tertiary/aromatic N) is 1. The van der Waals surface area contributed by atoms with E-state index in [1.165, 1.54) is 0 Å². The number of ether oxygens (including phenoxy) is 1. The van der Waals surface area contributed by atoms with Crippen LogP contribution in [0.1, 0.15) is 15.9 Å². The predicted octanol–water partition coefficient (Wildman–Crippen LogP) is 1.56. The maximum atomic E-state index is 11.9. The van der Waals surface area contributed by atoms with Crippen LogP contribution in [-0.4, -0.2) is 12.3 Å². The molecule has 0 spiro atoms. The topological polar surface area (TPSA) is 76.1 Å². The van der Waals surface area contributed by atoms with Crippen molar-refractivity contribution in [1.82, 2.24) is 0 Å². The first kappa shape index (κ1) is 11.8. The lowest BCUT2D eigenvalue weighted by molar-refractivity contribution is -0.274. The van der Waals surface area contributed by atoms with Gasteiger partial charge in [-0.15, -0.1) is 13.2 Å². The molecule has 7 heteroatoms. The molecule has 84 valence electrons. The molecule has 2 N–H and O–H groups in total. The summed E-state index contributed by atoms with van der Waals surface area (Å²) in [4.78, 5) is 10.8. The summed E-state index contributed by atoms with van der Waals surface area (Å²) in [5.41, 5.74) is 4.47. The number of primary amides is 1. The molecule has 16 heavy (non-hydrogen) atoms. The van der Waals surface area contributed by atoms with Gasteiger partial charge in [0.2, 0.25) is 5.91 Å². The summed E-state index contributed by atoms with van der Waals surface area (Å²) in [7, 11) is 0. The van der Waals surface area contributed by atoms with Crippen molar-refractivity contribution in [2.75, 3.05) is 0 Å². The molecule has 0 bridgehead atoms. The molecule has 0 atom stereocenters. The van der Waals surface area contributed by atoms with Gasteiger partial charge >= 0.3 is 6.36 Å². The standard InChI is InChI=1S/C9H5F3N2O2/c10-9(11,12)16-6-2-1-5(4-13)7(3-6)8(14)15/h1-3H,(H2,14,15). The van der Waals surface area contributed by atoms with E-state index in [0.717, 1.165) is 18.2 Å². The van der Waals surface area contributed by atoms with Gasteiger partial charge in [-0.25, -0.2) is 0 Å². The highest BCUT2D eigenvalue weighted by Crippen LogP contribution is 2.24. The average Bonchev–Trinajstić information content (AvgIpc) is 2.15. The van der Waals surface area contributed by atoms with E-state index in [1.54, 1.807) is 6.07 Å². The first-order chi connectivity index (χ1) is 7.33. The van der Waals surface area contributed by atoms with E-state index >= 15 is 0 Å². The second-order valence-electron chi connectivity index (χ2n) is 2.73. The number of amides is 1. The Bertz CT molecular complexity index is 463. The van der Waals surface area contributed by atoms with Gasteiger partial charge in [-0.2, -0.15) is 5.26 Å². The SMILES string of the molecule is N#Cc1ccc(OC(F)(F)F)cc1C(N)=O. The number of alkyl halides is 3. The van der Waals surface area contributed by atoms with Gasteiger partial charge in [-0.05, 0) is 18.2 Å². The number of hydrogen-bond acceptors (Lipinski definition) is 3. The van der Waals surface area contributed by atoms with Crippen LogP contribution in [0, 0.1) is 11.3 Å². The Kier molecular flexibility index (Phi) is 3.04. The Morgan fingerprint density at radius 2 is 2.06 bits per heavy atom. The highest BCUT2D eigenvalue weighted by Gasteiger charge is 2.31. The molecule has 0 aromatic heterocycles. The third-order valence-electron chi connectivity index (χ3n) is 1.61. The van der Waals surface area contributed by atoms with Crippen molar-refractivity contribution in [2.24, 2.45) is 5.73 Å². The fourth-order valence-corrected chi connectivity index (χ4v) is 1.02. The van der Waals surface area contributed by atoms with E-state index in [9.17, 15) is 18.0 Å². The van der Waals surface area contributed by atoms with Gasteiger partial charge in [0.15, 0.2) is 0 Å². The van der Waals surface area contributed by atoms with Crippen LogP contribution >= 0.6 is 0 Å². The minimum atomic E-state index is -4.86. The Hall–Kier alpha value is -2.23. The molecule has 0 radical (unpaired) electrons. The van der Waals surface area contributed by atoms with Crippen LogP contribution in [0.3, 0.4) is 0 Å². The quantitative estimate of drug-likeness (QED) is 0.837. The minimum Gasteiger partial charge on any atom is -0.406 e. The van der Waals surface area contributed by atoms with Crippen molar-refractivity contribution >= 4 is 5.91 Å². The van der Waals surface area contributed by atoms with E-state index in [-0.39, 0.29) is 11.1 Å². The summed E-state index contributed by atoms with van der Waals surface area (Å²) < 4.78 is 39.1. The lowest BCUT2D eigenvalue weighted by Gasteiger charge is -2.09. The normalized spacial score (nSPS) is 10.6. The van der Waals surface area contributed by atoms with E-state index < -0.39 is 18.0 Å². The van der Waals surface area contributed by atoms with Crippen LogP contribution in [0.2, 0.25) is 0 Å². The molecule has 0 unspecified atom stereocenters. The highest BCUT2D eigenvalue weighted by molar-refractivity contribution is 5.95. The molecule has 0 saturated heterocycles. The lowest BCUT2D eigenvalue weighted by Crippen LogP contribution is -2.18. The molecule has 0 aliphatic rings. The van der Waals surface area contributed by atoms with Gasteiger partial charge in [-0.1, -0.05) is 0 Å². The number of rotatable bonds is 2. The zero-order valence-electron chi connectivity index (χ0n) is 7.71. The molecule has 1 aromatic rings. The molecule has 1 amide bonds. The molecular formula is C9H5F3N2O2. The number of halogens is 3. The second-order valence-corrected chi connectivity index (χ2v) is 2.73. The molecule has 0 aliphatic carbocycles. The number of hydrogen-bond donors (Lipinski definition) is 1. The van der Waals surface area contributed by atoms with E-state index in [2.05, 4.69) is 4.74 Å². The summed E-state index contributed by atoms with van der Waals surface area (Å²) in [6.07, 6.45) is -4.86. The maximum Gasteiger partial charge on any atom is 0.573 e. The molecule has 1 rings (SSSR count). The smallest absolute Gasteiger partial charge is 0.406 e. The van der Waals surface area contributed by atoms with Crippen LogP contribution < -0.4 is 10.5 Å². The lowest BCUT2D eigenvalue weighted by atomic mass is 10.1. The fraction of sp³-hybridized carbons (Fsp3) is 0.111. The van der Waals surface area contributed by atoms with E-state index in [1.807, 2.05) is 0 Å². The Morgan fingerprint density at radius 1 is 1.44 bits per heavy atom. The molecule has 0 heterocycles. The fourth-order valence-electron chi connectivity index (χ4n) is 1.02. The highest BCUT2D eigenvalue weighted by atomic mass is 19.4. The molecule has 0 fully saturated rings. The molecule has 4 nitrogen and oxygen atoms in total. The minimum absolute atomic E-state index is 0.109. The number of nitrogens with two attached hydrogens (primary N) is 1. The van der Waals surface area contributed by atoms with Crippen molar-refractivity contribution in [3.63, 3.8) is 0 Å². The Morgan fingerprint density at radius 3 is 2.50 bits per heavy atom. The van der Waals surface area contributed by atoms with E-state index in [4.69, 9.17) is 11.0 Å². The summed E-state index contributed by atoms with van der Waals surface area (Å²) in [5, 5.41) is 8.57. The van der Waals surface area contributed by atoms with Crippen LogP contribution in [-0.2, 0) is 0 Å². The van der Waals surface area contributed by atoms with Crippen molar-refractivity contribution in [2.45, 2.75) is 6.36 Å². The van der Waals surface area contributed by atoms with Gasteiger partial charge in [0.1, 0.15) is 5.75 Å². The van der Waals surface area contributed by atoms with Crippen molar-refractivity contribution in [3.8, 4) is 11.8 Å². The van der Waals surface area contributed by atoms with Gasteiger partial charge < -0.3 is 10.5 Å². The number of benzene rings is 1. The molecule has 0 saturated carbocycles. The zero-order chi connectivity index (χ0) is 12.3. The zero-order valence-corrected chi connectivity index (χ0v) is 7.71. The summed E-state index contributed by atoms with van der Waals surface area (Å²) in [6.45, 7) is 0. The second kappa shape index (κ2) is 4.10.